The predicted molar refractivity (Wildman–Crippen MR) is 54.2 cm³/mol. The lowest BCUT2D eigenvalue weighted by atomic mass is 10.4. The SMILES string of the molecule is Cn1cc(-c2nc3c(n2C)CN(O)C3)nn1. The topological polar surface area (TPSA) is 72.0 Å². The van der Waals surface area contributed by atoms with Gasteiger partial charge in [0.25, 0.3) is 0 Å². The molecule has 0 saturated carbocycles. The largest absolute Gasteiger partial charge is 0.328 e. The van der Waals surface area contributed by atoms with Crippen LogP contribution in [-0.4, -0.2) is 34.8 Å². The summed E-state index contributed by atoms with van der Waals surface area (Å²) in [6.07, 6.45) is 1.83. The van der Waals surface area contributed by atoms with E-state index < -0.39 is 0 Å². The third kappa shape index (κ3) is 1.25. The fourth-order valence-corrected chi connectivity index (χ4v) is 1.99. The van der Waals surface area contributed by atoms with E-state index in [0.717, 1.165) is 22.9 Å². The van der Waals surface area contributed by atoms with E-state index in [4.69, 9.17) is 0 Å². The van der Waals surface area contributed by atoms with Crippen LogP contribution in [0.4, 0.5) is 0 Å². The molecule has 7 nitrogen and oxygen atoms in total. The summed E-state index contributed by atoms with van der Waals surface area (Å²) in [6.45, 7) is 0.989. The van der Waals surface area contributed by atoms with Crippen molar-refractivity contribution in [3.63, 3.8) is 0 Å². The highest BCUT2D eigenvalue weighted by molar-refractivity contribution is 5.50. The Balaban J connectivity index is 2.08. The standard InChI is InChI=1S/C9H12N6O/c1-13-3-7(11-12-13)9-10-6-4-15(16)5-8(6)14(9)2/h3,16H,4-5H2,1-2H3. The van der Waals surface area contributed by atoms with Gasteiger partial charge in [0.2, 0.25) is 0 Å². The van der Waals surface area contributed by atoms with Gasteiger partial charge in [0.1, 0.15) is 5.69 Å². The van der Waals surface area contributed by atoms with Crippen LogP contribution in [0.15, 0.2) is 6.20 Å². The minimum atomic E-state index is 0.476. The zero-order valence-corrected chi connectivity index (χ0v) is 9.12. The number of nitrogens with zero attached hydrogens (tertiary/aromatic N) is 6. The molecule has 1 aliphatic rings. The van der Waals surface area contributed by atoms with Crippen molar-refractivity contribution in [1.82, 2.24) is 29.6 Å². The molecule has 0 radical (unpaired) electrons. The van der Waals surface area contributed by atoms with Gasteiger partial charge in [-0.1, -0.05) is 5.21 Å². The highest BCUT2D eigenvalue weighted by Gasteiger charge is 2.25. The molecule has 0 spiro atoms. The fraction of sp³-hybridized carbons (Fsp3) is 0.444. The van der Waals surface area contributed by atoms with Gasteiger partial charge in [-0.15, -0.1) is 5.10 Å². The van der Waals surface area contributed by atoms with Gasteiger partial charge < -0.3 is 9.77 Å². The van der Waals surface area contributed by atoms with E-state index in [-0.39, 0.29) is 0 Å². The van der Waals surface area contributed by atoms with Crippen LogP contribution in [-0.2, 0) is 27.2 Å². The summed E-state index contributed by atoms with van der Waals surface area (Å²) < 4.78 is 3.60. The number of hydroxylamine groups is 2. The van der Waals surface area contributed by atoms with Gasteiger partial charge in [0.15, 0.2) is 5.82 Å². The van der Waals surface area contributed by atoms with E-state index in [0.29, 0.717) is 13.1 Å². The molecule has 1 N–H and O–H groups in total. The Morgan fingerprint density at radius 1 is 1.31 bits per heavy atom. The van der Waals surface area contributed by atoms with Gasteiger partial charge in [-0.05, 0) is 0 Å². The van der Waals surface area contributed by atoms with Crippen LogP contribution in [0.5, 0.6) is 0 Å². The summed E-state index contributed by atoms with van der Waals surface area (Å²) in [4.78, 5) is 4.47. The Morgan fingerprint density at radius 2 is 2.12 bits per heavy atom. The molecule has 2 aromatic rings. The maximum atomic E-state index is 9.38. The highest BCUT2D eigenvalue weighted by atomic mass is 16.5. The van der Waals surface area contributed by atoms with E-state index in [2.05, 4.69) is 15.3 Å². The molecule has 7 heteroatoms. The van der Waals surface area contributed by atoms with E-state index in [1.807, 2.05) is 24.9 Å². The second-order valence-corrected chi connectivity index (χ2v) is 3.99. The molecule has 0 aromatic carbocycles. The number of aryl methyl sites for hydroxylation is 1. The summed E-state index contributed by atoms with van der Waals surface area (Å²) in [6, 6.07) is 0. The first-order chi connectivity index (χ1) is 7.65. The van der Waals surface area contributed by atoms with Crippen molar-refractivity contribution in [3.8, 4) is 11.5 Å². The fourth-order valence-electron chi connectivity index (χ4n) is 1.99. The molecule has 3 rings (SSSR count). The Morgan fingerprint density at radius 3 is 2.75 bits per heavy atom. The van der Waals surface area contributed by atoms with Gasteiger partial charge >= 0.3 is 0 Å². The first kappa shape index (κ1) is 9.49. The summed E-state index contributed by atoms with van der Waals surface area (Å²) in [5.41, 5.74) is 2.69. The normalized spacial score (nSPS) is 15.7. The summed E-state index contributed by atoms with van der Waals surface area (Å²) in [5, 5.41) is 18.5. The molecule has 16 heavy (non-hydrogen) atoms. The third-order valence-corrected chi connectivity index (χ3v) is 2.79. The Labute approximate surface area is 91.9 Å². The summed E-state index contributed by atoms with van der Waals surface area (Å²) in [5.74, 6) is 0.797. The van der Waals surface area contributed by atoms with E-state index >= 15 is 0 Å². The number of fused-ring (bicyclic) bond motifs is 1. The van der Waals surface area contributed by atoms with Crippen molar-refractivity contribution in [3.05, 3.63) is 17.6 Å². The number of imidazole rings is 1. The lowest BCUT2D eigenvalue weighted by molar-refractivity contribution is -0.0984. The van der Waals surface area contributed by atoms with Gasteiger partial charge in [-0.3, -0.25) is 4.68 Å². The molecule has 0 amide bonds. The third-order valence-electron chi connectivity index (χ3n) is 2.79. The summed E-state index contributed by atoms with van der Waals surface area (Å²) >= 11 is 0. The molecular formula is C9H12N6O. The van der Waals surface area contributed by atoms with Crippen molar-refractivity contribution in [1.29, 1.82) is 0 Å². The first-order valence-corrected chi connectivity index (χ1v) is 5.00. The van der Waals surface area contributed by atoms with Gasteiger partial charge in [0.05, 0.1) is 30.7 Å². The van der Waals surface area contributed by atoms with Crippen molar-refractivity contribution in [2.24, 2.45) is 14.1 Å². The zero-order chi connectivity index (χ0) is 11.3. The lowest BCUT2D eigenvalue weighted by Gasteiger charge is -2.05. The average Bonchev–Trinajstić information content (AvgIpc) is 2.85. The summed E-state index contributed by atoms with van der Waals surface area (Å²) in [7, 11) is 3.75. The van der Waals surface area contributed by atoms with Crippen LogP contribution < -0.4 is 0 Å². The van der Waals surface area contributed by atoms with E-state index in [1.54, 1.807) is 4.68 Å². The van der Waals surface area contributed by atoms with E-state index in [9.17, 15) is 5.21 Å². The zero-order valence-electron chi connectivity index (χ0n) is 9.12. The van der Waals surface area contributed by atoms with Crippen molar-refractivity contribution >= 4 is 0 Å². The molecule has 0 bridgehead atoms. The van der Waals surface area contributed by atoms with Crippen molar-refractivity contribution in [2.45, 2.75) is 13.1 Å². The number of rotatable bonds is 1. The first-order valence-electron chi connectivity index (χ1n) is 5.00. The van der Waals surface area contributed by atoms with Crippen molar-refractivity contribution < 1.29 is 5.21 Å². The molecule has 3 heterocycles. The van der Waals surface area contributed by atoms with Gasteiger partial charge in [0, 0.05) is 14.1 Å². The number of aromatic nitrogens is 5. The van der Waals surface area contributed by atoms with E-state index in [1.165, 1.54) is 5.06 Å². The van der Waals surface area contributed by atoms with Gasteiger partial charge in [-0.2, -0.15) is 5.06 Å². The molecule has 0 unspecified atom stereocenters. The highest BCUT2D eigenvalue weighted by Crippen LogP contribution is 2.25. The molecule has 2 aromatic heterocycles. The Kier molecular flexibility index (Phi) is 1.86. The molecule has 0 fully saturated rings. The molecule has 84 valence electrons. The van der Waals surface area contributed by atoms with Crippen LogP contribution in [0, 0.1) is 0 Å². The van der Waals surface area contributed by atoms with Crippen LogP contribution in [0.2, 0.25) is 0 Å². The number of hydrogen-bond donors (Lipinski definition) is 1. The maximum absolute atomic E-state index is 9.38. The smallest absolute Gasteiger partial charge is 0.162 e. The van der Waals surface area contributed by atoms with Crippen LogP contribution >= 0.6 is 0 Å². The Hall–Kier alpha value is -1.73. The van der Waals surface area contributed by atoms with Crippen LogP contribution in [0.3, 0.4) is 0 Å². The Bertz CT molecular complexity index is 542. The molecule has 0 atom stereocenters. The lowest BCUT2D eigenvalue weighted by Crippen LogP contribution is -2.12. The minimum Gasteiger partial charge on any atom is -0.328 e. The van der Waals surface area contributed by atoms with Crippen molar-refractivity contribution in [2.75, 3.05) is 0 Å². The predicted octanol–water partition coefficient (Wildman–Crippen LogP) is -0.0796. The quantitative estimate of drug-likeness (QED) is 0.727. The molecule has 1 aliphatic heterocycles. The van der Waals surface area contributed by atoms with Crippen LogP contribution in [0.25, 0.3) is 11.5 Å². The van der Waals surface area contributed by atoms with Gasteiger partial charge in [-0.25, -0.2) is 4.98 Å². The average molecular weight is 220 g/mol. The minimum absolute atomic E-state index is 0.476. The number of hydrogen-bond acceptors (Lipinski definition) is 5. The monoisotopic (exact) mass is 220 g/mol. The molecule has 0 saturated heterocycles. The second-order valence-electron chi connectivity index (χ2n) is 3.99. The second kappa shape index (κ2) is 3.13. The maximum Gasteiger partial charge on any atom is 0.162 e. The molecule has 0 aliphatic carbocycles. The van der Waals surface area contributed by atoms with Crippen LogP contribution in [0.1, 0.15) is 11.4 Å². The molecular weight excluding hydrogens is 208 g/mol.